The van der Waals surface area contributed by atoms with Gasteiger partial charge >= 0.3 is 0 Å². The summed E-state index contributed by atoms with van der Waals surface area (Å²) in [6, 6.07) is 10.7. The van der Waals surface area contributed by atoms with Gasteiger partial charge in [0.15, 0.2) is 5.96 Å². The third-order valence-corrected chi connectivity index (χ3v) is 4.63. The van der Waals surface area contributed by atoms with Crippen LogP contribution < -0.4 is 10.6 Å². The first-order valence-electron chi connectivity index (χ1n) is 9.01. The molecule has 0 saturated carbocycles. The summed E-state index contributed by atoms with van der Waals surface area (Å²) < 4.78 is 0. The minimum atomic E-state index is 0.565. The molecule has 2 N–H and O–H groups in total. The number of rotatable bonds is 7. The average Bonchev–Trinajstić information content (AvgIpc) is 2.62. The maximum atomic E-state index is 4.32. The number of nitrogens with one attached hydrogen (secondary N) is 2. The number of guanidine groups is 1. The van der Waals surface area contributed by atoms with Gasteiger partial charge in [-0.2, -0.15) is 0 Å². The van der Waals surface area contributed by atoms with Crippen LogP contribution in [0.15, 0.2) is 35.3 Å². The maximum absolute atomic E-state index is 4.32. The number of aliphatic imine (C=N–C) groups is 1. The standard InChI is InChI=1S/C19H32N4/c1-17(18-9-5-3-6-10-18)11-12-21-19(20-2)22-13-16-23-14-7-4-8-15-23/h3,5-6,9-10,17H,4,7-8,11-16H2,1-2H3,(H2,20,21,22). The molecule has 0 amide bonds. The summed E-state index contributed by atoms with van der Waals surface area (Å²) in [6.07, 6.45) is 5.21. The van der Waals surface area contributed by atoms with E-state index < -0.39 is 0 Å². The number of likely N-dealkylation sites (tertiary alicyclic amines) is 1. The Bertz CT molecular complexity index is 452. The van der Waals surface area contributed by atoms with Crippen molar-refractivity contribution in [3.05, 3.63) is 35.9 Å². The predicted octanol–water partition coefficient (Wildman–Crippen LogP) is 2.83. The summed E-state index contributed by atoms with van der Waals surface area (Å²) in [4.78, 5) is 6.86. The second kappa shape index (κ2) is 10.3. The summed E-state index contributed by atoms with van der Waals surface area (Å²) in [5.41, 5.74) is 1.40. The first-order valence-corrected chi connectivity index (χ1v) is 9.01. The number of hydrogen-bond acceptors (Lipinski definition) is 2. The van der Waals surface area contributed by atoms with Crippen molar-refractivity contribution in [3.8, 4) is 0 Å². The second-order valence-electron chi connectivity index (χ2n) is 6.43. The molecular weight excluding hydrogens is 284 g/mol. The number of nitrogens with zero attached hydrogens (tertiary/aromatic N) is 2. The highest BCUT2D eigenvalue weighted by atomic mass is 15.2. The minimum absolute atomic E-state index is 0.565. The lowest BCUT2D eigenvalue weighted by Gasteiger charge is -2.26. The molecule has 0 bridgehead atoms. The van der Waals surface area contributed by atoms with E-state index in [2.05, 4.69) is 57.8 Å². The lowest BCUT2D eigenvalue weighted by Crippen LogP contribution is -2.43. The van der Waals surface area contributed by atoms with Crippen molar-refractivity contribution < 1.29 is 0 Å². The van der Waals surface area contributed by atoms with Crippen LogP contribution in [-0.4, -0.2) is 50.6 Å². The van der Waals surface area contributed by atoms with Gasteiger partial charge in [0.2, 0.25) is 0 Å². The Balaban J connectivity index is 1.61. The molecule has 4 heteroatoms. The molecule has 1 aromatic rings. The molecule has 2 rings (SSSR count). The summed E-state index contributed by atoms with van der Waals surface area (Å²) >= 11 is 0. The minimum Gasteiger partial charge on any atom is -0.356 e. The van der Waals surface area contributed by atoms with Gasteiger partial charge in [0.05, 0.1) is 0 Å². The number of hydrogen-bond donors (Lipinski definition) is 2. The largest absolute Gasteiger partial charge is 0.356 e. The fraction of sp³-hybridized carbons (Fsp3) is 0.632. The predicted molar refractivity (Wildman–Crippen MR) is 99.1 cm³/mol. The highest BCUT2D eigenvalue weighted by Gasteiger charge is 2.09. The fourth-order valence-corrected chi connectivity index (χ4v) is 3.09. The third-order valence-electron chi connectivity index (χ3n) is 4.63. The van der Waals surface area contributed by atoms with Crippen LogP contribution >= 0.6 is 0 Å². The zero-order valence-corrected chi connectivity index (χ0v) is 14.7. The Morgan fingerprint density at radius 1 is 1.09 bits per heavy atom. The number of benzene rings is 1. The summed E-state index contributed by atoms with van der Waals surface area (Å²) in [5, 5.41) is 6.86. The third kappa shape index (κ3) is 6.61. The van der Waals surface area contributed by atoms with E-state index in [-0.39, 0.29) is 0 Å². The molecule has 128 valence electrons. The Morgan fingerprint density at radius 2 is 1.78 bits per heavy atom. The Labute approximate surface area is 141 Å². The van der Waals surface area contributed by atoms with Crippen LogP contribution in [0.3, 0.4) is 0 Å². The van der Waals surface area contributed by atoms with E-state index in [0.29, 0.717) is 5.92 Å². The molecule has 1 aliphatic rings. The summed E-state index contributed by atoms with van der Waals surface area (Å²) in [5.74, 6) is 1.48. The maximum Gasteiger partial charge on any atom is 0.191 e. The van der Waals surface area contributed by atoms with E-state index in [0.717, 1.165) is 32.0 Å². The summed E-state index contributed by atoms with van der Waals surface area (Å²) in [6.45, 7) is 7.81. The Morgan fingerprint density at radius 3 is 2.48 bits per heavy atom. The van der Waals surface area contributed by atoms with Crippen LogP contribution in [-0.2, 0) is 0 Å². The first-order chi connectivity index (χ1) is 11.3. The molecule has 0 spiro atoms. The van der Waals surface area contributed by atoms with E-state index in [4.69, 9.17) is 0 Å². The van der Waals surface area contributed by atoms with Crippen molar-refractivity contribution in [2.24, 2.45) is 4.99 Å². The topological polar surface area (TPSA) is 39.7 Å². The van der Waals surface area contributed by atoms with Crippen molar-refractivity contribution >= 4 is 5.96 Å². The van der Waals surface area contributed by atoms with Crippen molar-refractivity contribution in [2.45, 2.75) is 38.5 Å². The van der Waals surface area contributed by atoms with Crippen LogP contribution in [0.2, 0.25) is 0 Å². The normalized spacial score (nSPS) is 17.7. The Kier molecular flexibility index (Phi) is 7.95. The molecule has 23 heavy (non-hydrogen) atoms. The Hall–Kier alpha value is -1.55. The van der Waals surface area contributed by atoms with Gasteiger partial charge in [0, 0.05) is 26.7 Å². The van der Waals surface area contributed by atoms with Crippen LogP contribution in [0.1, 0.15) is 44.1 Å². The van der Waals surface area contributed by atoms with Gasteiger partial charge in [-0.25, -0.2) is 0 Å². The first kappa shape index (κ1) is 17.8. The summed E-state index contributed by atoms with van der Waals surface area (Å²) in [7, 11) is 1.84. The van der Waals surface area contributed by atoms with E-state index in [9.17, 15) is 0 Å². The molecule has 0 radical (unpaired) electrons. The van der Waals surface area contributed by atoms with E-state index >= 15 is 0 Å². The van der Waals surface area contributed by atoms with Crippen LogP contribution in [0.5, 0.6) is 0 Å². The van der Waals surface area contributed by atoms with Crippen LogP contribution in [0.25, 0.3) is 0 Å². The van der Waals surface area contributed by atoms with E-state index in [1.54, 1.807) is 0 Å². The molecule has 1 saturated heterocycles. The van der Waals surface area contributed by atoms with Crippen LogP contribution in [0, 0.1) is 0 Å². The monoisotopic (exact) mass is 316 g/mol. The van der Waals surface area contributed by atoms with Crippen molar-refractivity contribution in [3.63, 3.8) is 0 Å². The van der Waals surface area contributed by atoms with Gasteiger partial charge in [-0.3, -0.25) is 4.99 Å². The van der Waals surface area contributed by atoms with Gasteiger partial charge in [-0.05, 0) is 43.8 Å². The zero-order valence-electron chi connectivity index (χ0n) is 14.7. The SMILES string of the molecule is CN=C(NCCC(C)c1ccccc1)NCCN1CCCCC1. The second-order valence-corrected chi connectivity index (χ2v) is 6.43. The highest BCUT2D eigenvalue weighted by Crippen LogP contribution is 2.17. The molecule has 1 atom stereocenters. The molecule has 1 heterocycles. The highest BCUT2D eigenvalue weighted by molar-refractivity contribution is 5.79. The molecule has 1 aromatic carbocycles. The molecule has 0 aromatic heterocycles. The molecule has 4 nitrogen and oxygen atoms in total. The molecular formula is C19H32N4. The van der Waals surface area contributed by atoms with Gasteiger partial charge in [0.1, 0.15) is 0 Å². The van der Waals surface area contributed by atoms with Crippen molar-refractivity contribution in [1.82, 2.24) is 15.5 Å². The molecule has 1 unspecified atom stereocenters. The lowest BCUT2D eigenvalue weighted by molar-refractivity contribution is 0.232. The molecule has 1 fully saturated rings. The van der Waals surface area contributed by atoms with Gasteiger partial charge in [-0.1, -0.05) is 43.7 Å². The molecule has 0 aliphatic carbocycles. The average molecular weight is 316 g/mol. The van der Waals surface area contributed by atoms with E-state index in [1.807, 2.05) is 7.05 Å². The lowest BCUT2D eigenvalue weighted by atomic mass is 9.98. The van der Waals surface area contributed by atoms with Crippen LogP contribution in [0.4, 0.5) is 0 Å². The van der Waals surface area contributed by atoms with Gasteiger partial charge in [-0.15, -0.1) is 0 Å². The van der Waals surface area contributed by atoms with Crippen molar-refractivity contribution in [1.29, 1.82) is 0 Å². The fourth-order valence-electron chi connectivity index (χ4n) is 3.09. The van der Waals surface area contributed by atoms with Gasteiger partial charge in [0.25, 0.3) is 0 Å². The van der Waals surface area contributed by atoms with Gasteiger partial charge < -0.3 is 15.5 Å². The number of piperidine rings is 1. The quantitative estimate of drug-likeness (QED) is 0.600. The molecule has 1 aliphatic heterocycles. The van der Waals surface area contributed by atoms with Crippen molar-refractivity contribution in [2.75, 3.05) is 39.8 Å². The smallest absolute Gasteiger partial charge is 0.191 e. The zero-order chi connectivity index (χ0) is 16.3. The van der Waals surface area contributed by atoms with E-state index in [1.165, 1.54) is 37.9 Å².